The Bertz CT molecular complexity index is 1110. The fourth-order valence-corrected chi connectivity index (χ4v) is 3.49. The quantitative estimate of drug-likeness (QED) is 0.257. The molecule has 0 heterocycles. The molecule has 0 bridgehead atoms. The number of nitrogens with zero attached hydrogens (tertiary/aromatic N) is 1. The van der Waals surface area contributed by atoms with Crippen molar-refractivity contribution in [3.05, 3.63) is 65.7 Å². The van der Waals surface area contributed by atoms with Crippen molar-refractivity contribution < 1.29 is 23.7 Å². The highest BCUT2D eigenvalue weighted by molar-refractivity contribution is 6.36. The minimum absolute atomic E-state index is 0.146. The Hall–Kier alpha value is -3.16. The zero-order valence-corrected chi connectivity index (χ0v) is 19.4. The van der Waals surface area contributed by atoms with Crippen molar-refractivity contribution in [3.8, 4) is 11.5 Å². The zero-order chi connectivity index (χ0) is 23.8. The molecule has 0 amide bonds. The molecule has 2 unspecified atom stereocenters. The average molecular weight is 445 g/mol. The van der Waals surface area contributed by atoms with E-state index in [9.17, 15) is 4.79 Å². The summed E-state index contributed by atoms with van der Waals surface area (Å²) in [5.74, 6) is 0.811. The molecule has 2 radical (unpaired) electrons. The van der Waals surface area contributed by atoms with Gasteiger partial charge in [0, 0.05) is 13.3 Å². The molecule has 3 rings (SSSR count). The molecule has 170 valence electrons. The summed E-state index contributed by atoms with van der Waals surface area (Å²) in [5, 5.41) is 2.14. The number of benzene rings is 3. The van der Waals surface area contributed by atoms with Gasteiger partial charge in [-0.25, -0.2) is 0 Å². The highest BCUT2D eigenvalue weighted by Crippen LogP contribution is 2.25. The molecule has 0 spiro atoms. The lowest BCUT2D eigenvalue weighted by Gasteiger charge is -2.20. The third-order valence-corrected chi connectivity index (χ3v) is 5.33. The van der Waals surface area contributed by atoms with Gasteiger partial charge >= 0.3 is 0 Å². The van der Waals surface area contributed by atoms with E-state index in [0.717, 1.165) is 16.3 Å². The number of rotatable bonds is 11. The Balaban J connectivity index is 1.85. The smallest absolute Gasteiger partial charge is 0.190 e. The predicted octanol–water partition coefficient (Wildman–Crippen LogP) is 3.43. The van der Waals surface area contributed by atoms with E-state index in [-0.39, 0.29) is 5.78 Å². The minimum Gasteiger partial charge on any atom is -0.497 e. The standard InChI is InChI=1S/C26H28BNO5/c1-17(28-16-18-13-22(31-3)24(27)23(14-18)32-4)25(29)26(33-12-11-30-2)21-10-9-19-7-5-6-8-20(19)15-21/h5-10,13-17,26H,11-12H2,1-4H3. The second-order valence-corrected chi connectivity index (χ2v) is 7.55. The Labute approximate surface area is 195 Å². The summed E-state index contributed by atoms with van der Waals surface area (Å²) in [7, 11) is 10.7. The third kappa shape index (κ3) is 6.00. The van der Waals surface area contributed by atoms with Crippen LogP contribution in [0.2, 0.25) is 0 Å². The van der Waals surface area contributed by atoms with Crippen LogP contribution in [-0.4, -0.2) is 60.4 Å². The number of Topliss-reactive ketones (excluding diaryl/α,β-unsaturated/α-hetero) is 1. The molecule has 2 atom stereocenters. The number of ketones is 1. The maximum absolute atomic E-state index is 13.3. The van der Waals surface area contributed by atoms with Crippen LogP contribution < -0.4 is 14.9 Å². The monoisotopic (exact) mass is 445 g/mol. The summed E-state index contributed by atoms with van der Waals surface area (Å²) in [5.41, 5.74) is 1.90. The molecule has 6 nitrogen and oxygen atoms in total. The van der Waals surface area contributed by atoms with E-state index < -0.39 is 12.1 Å². The Kier molecular flexibility index (Phi) is 8.63. The van der Waals surface area contributed by atoms with E-state index in [1.807, 2.05) is 42.5 Å². The molecule has 33 heavy (non-hydrogen) atoms. The van der Waals surface area contributed by atoms with Crippen molar-refractivity contribution in [1.82, 2.24) is 0 Å². The van der Waals surface area contributed by atoms with E-state index in [0.29, 0.717) is 35.7 Å². The number of carbonyl (C=O) groups excluding carboxylic acids is 1. The number of ether oxygens (including phenoxy) is 4. The maximum Gasteiger partial charge on any atom is 0.190 e. The first kappa shape index (κ1) is 24.5. The van der Waals surface area contributed by atoms with Gasteiger partial charge in [-0.2, -0.15) is 0 Å². The number of carbonyl (C=O) groups is 1. The van der Waals surface area contributed by atoms with Gasteiger partial charge in [0.05, 0.1) is 27.4 Å². The fraction of sp³-hybridized carbons (Fsp3) is 0.308. The average Bonchev–Trinajstić information content (AvgIpc) is 2.85. The zero-order valence-electron chi connectivity index (χ0n) is 19.4. The second-order valence-electron chi connectivity index (χ2n) is 7.55. The van der Waals surface area contributed by atoms with Gasteiger partial charge in [0.25, 0.3) is 0 Å². The molecule has 3 aromatic carbocycles. The molecule has 0 aliphatic carbocycles. The van der Waals surface area contributed by atoms with Gasteiger partial charge in [-0.1, -0.05) is 36.4 Å². The van der Waals surface area contributed by atoms with Crippen LogP contribution in [0.4, 0.5) is 0 Å². The number of hydrogen-bond donors (Lipinski definition) is 0. The number of aliphatic imine (C=N–C) groups is 1. The van der Waals surface area contributed by atoms with Crippen molar-refractivity contribution in [2.75, 3.05) is 34.5 Å². The van der Waals surface area contributed by atoms with Crippen LogP contribution in [0.5, 0.6) is 11.5 Å². The van der Waals surface area contributed by atoms with Crippen LogP contribution in [0.1, 0.15) is 24.2 Å². The first-order chi connectivity index (χ1) is 16.0. The van der Waals surface area contributed by atoms with E-state index in [2.05, 4.69) is 4.99 Å². The molecule has 0 N–H and O–H groups in total. The number of hydrogen-bond acceptors (Lipinski definition) is 6. The summed E-state index contributed by atoms with van der Waals surface area (Å²) in [4.78, 5) is 17.8. The minimum atomic E-state index is -0.757. The molecule has 3 aromatic rings. The Morgan fingerprint density at radius 1 is 0.970 bits per heavy atom. The molecule has 0 saturated heterocycles. The third-order valence-electron chi connectivity index (χ3n) is 5.33. The van der Waals surface area contributed by atoms with Crippen LogP contribution in [0, 0.1) is 0 Å². The van der Waals surface area contributed by atoms with Crippen molar-refractivity contribution in [2.45, 2.75) is 19.1 Å². The largest absolute Gasteiger partial charge is 0.497 e. The van der Waals surface area contributed by atoms with Gasteiger partial charge in [-0.05, 0) is 52.5 Å². The highest BCUT2D eigenvalue weighted by Gasteiger charge is 2.26. The summed E-state index contributed by atoms with van der Waals surface area (Å²) < 4.78 is 21.6. The van der Waals surface area contributed by atoms with E-state index in [4.69, 9.17) is 26.8 Å². The fourth-order valence-electron chi connectivity index (χ4n) is 3.49. The summed E-state index contributed by atoms with van der Waals surface area (Å²) in [6, 6.07) is 16.7. The van der Waals surface area contributed by atoms with Crippen LogP contribution in [0.3, 0.4) is 0 Å². The Morgan fingerprint density at radius 3 is 2.27 bits per heavy atom. The van der Waals surface area contributed by atoms with Crippen molar-refractivity contribution in [1.29, 1.82) is 0 Å². The summed E-state index contributed by atoms with van der Waals surface area (Å²) in [6.45, 7) is 2.43. The van der Waals surface area contributed by atoms with Crippen molar-refractivity contribution in [3.63, 3.8) is 0 Å². The molecular formula is C26H28BNO5. The van der Waals surface area contributed by atoms with Crippen LogP contribution in [0.25, 0.3) is 10.8 Å². The van der Waals surface area contributed by atoms with Crippen molar-refractivity contribution in [2.24, 2.45) is 4.99 Å². The van der Waals surface area contributed by atoms with E-state index in [1.54, 1.807) is 32.4 Å². The normalized spacial score (nSPS) is 13.2. The van der Waals surface area contributed by atoms with E-state index in [1.165, 1.54) is 14.2 Å². The maximum atomic E-state index is 13.3. The first-order valence-corrected chi connectivity index (χ1v) is 10.7. The highest BCUT2D eigenvalue weighted by atomic mass is 16.5. The summed E-state index contributed by atoms with van der Waals surface area (Å²) in [6.07, 6.45) is 0.854. The van der Waals surface area contributed by atoms with Gasteiger partial charge < -0.3 is 18.9 Å². The van der Waals surface area contributed by atoms with Crippen molar-refractivity contribution >= 4 is 36.1 Å². The molecule has 0 saturated carbocycles. The number of fused-ring (bicyclic) bond motifs is 1. The van der Waals surface area contributed by atoms with Crippen LogP contribution in [0.15, 0.2) is 59.6 Å². The van der Waals surface area contributed by atoms with Crippen LogP contribution in [-0.2, 0) is 14.3 Å². The lowest BCUT2D eigenvalue weighted by Crippen LogP contribution is -2.26. The van der Waals surface area contributed by atoms with Gasteiger partial charge in [0.15, 0.2) is 5.78 Å². The molecule has 0 fully saturated rings. The van der Waals surface area contributed by atoms with Gasteiger partial charge in [0.1, 0.15) is 31.5 Å². The van der Waals surface area contributed by atoms with Gasteiger partial charge in [-0.3, -0.25) is 9.79 Å². The number of methoxy groups -OCH3 is 3. The molecule has 0 aromatic heterocycles. The lowest BCUT2D eigenvalue weighted by molar-refractivity contribution is -0.132. The SMILES string of the molecule is [B]c1c(OC)cc(C=NC(C)C(=O)C(OCCOC)c2ccc3ccccc3c2)cc1OC. The lowest BCUT2D eigenvalue weighted by atomic mass is 9.92. The Morgan fingerprint density at radius 2 is 1.64 bits per heavy atom. The second kappa shape index (κ2) is 11.6. The van der Waals surface area contributed by atoms with Gasteiger partial charge in [0.2, 0.25) is 0 Å². The molecule has 0 aliphatic heterocycles. The molecule has 7 heteroatoms. The summed E-state index contributed by atoms with van der Waals surface area (Å²) >= 11 is 0. The molecule has 0 aliphatic rings. The predicted molar refractivity (Wildman–Crippen MR) is 132 cm³/mol. The molecular weight excluding hydrogens is 417 g/mol. The van der Waals surface area contributed by atoms with E-state index >= 15 is 0 Å². The van der Waals surface area contributed by atoms with Crippen LogP contribution >= 0.6 is 0 Å². The first-order valence-electron chi connectivity index (χ1n) is 10.7. The van der Waals surface area contributed by atoms with Gasteiger partial charge in [-0.15, -0.1) is 0 Å². The topological polar surface area (TPSA) is 66.4 Å².